The van der Waals surface area contributed by atoms with Crippen molar-refractivity contribution in [1.29, 1.82) is 0 Å². The summed E-state index contributed by atoms with van der Waals surface area (Å²) in [4.78, 5) is 22.0. The summed E-state index contributed by atoms with van der Waals surface area (Å²) in [5.41, 5.74) is 0.668. The van der Waals surface area contributed by atoms with Crippen LogP contribution < -0.4 is 4.74 Å². The Morgan fingerprint density at radius 2 is 2.09 bits per heavy atom. The van der Waals surface area contributed by atoms with Gasteiger partial charge in [-0.1, -0.05) is 12.1 Å². The third-order valence-electron chi connectivity index (χ3n) is 3.99. The molecule has 0 N–H and O–H groups in total. The summed E-state index contributed by atoms with van der Waals surface area (Å²) in [5.74, 6) is 0.0675. The molecule has 3 rings (SSSR count). The summed E-state index contributed by atoms with van der Waals surface area (Å²) >= 11 is 0. The third-order valence-corrected chi connectivity index (χ3v) is 3.99. The predicted octanol–water partition coefficient (Wildman–Crippen LogP) is 3.13. The Kier molecular flexibility index (Phi) is 4.50. The van der Waals surface area contributed by atoms with E-state index in [1.54, 1.807) is 36.2 Å². The first-order valence-electron chi connectivity index (χ1n) is 7.64. The van der Waals surface area contributed by atoms with Crippen molar-refractivity contribution in [3.8, 4) is 11.6 Å². The van der Waals surface area contributed by atoms with Crippen LogP contribution in [-0.4, -0.2) is 33.9 Å². The Morgan fingerprint density at radius 3 is 2.87 bits per heavy atom. The minimum atomic E-state index is -0.446. The summed E-state index contributed by atoms with van der Waals surface area (Å²) in [6.45, 7) is 2.91. The first-order valence-corrected chi connectivity index (χ1v) is 7.64. The van der Waals surface area contributed by atoms with Crippen LogP contribution in [0.4, 0.5) is 4.39 Å². The van der Waals surface area contributed by atoms with E-state index >= 15 is 0 Å². The molecule has 2 heterocycles. The van der Waals surface area contributed by atoms with E-state index in [2.05, 4.69) is 9.97 Å². The lowest BCUT2D eigenvalue weighted by molar-refractivity contribution is -0.130. The molecular formula is C17H18FN3O2. The molecule has 1 saturated heterocycles. The highest BCUT2D eigenvalue weighted by atomic mass is 19.1. The number of piperidine rings is 1. The number of hydrogen-bond acceptors (Lipinski definition) is 4. The number of carbonyl (C=O) groups is 1. The molecule has 0 unspecified atom stereocenters. The summed E-state index contributed by atoms with van der Waals surface area (Å²) < 4.78 is 19.4. The molecule has 120 valence electrons. The average molecular weight is 315 g/mol. The van der Waals surface area contributed by atoms with Gasteiger partial charge in [-0.15, -0.1) is 0 Å². The van der Waals surface area contributed by atoms with E-state index in [1.807, 2.05) is 0 Å². The van der Waals surface area contributed by atoms with Crippen molar-refractivity contribution in [3.05, 3.63) is 48.2 Å². The predicted molar refractivity (Wildman–Crippen MR) is 82.7 cm³/mol. The Hall–Kier alpha value is -2.50. The number of rotatable bonds is 3. The number of benzene rings is 1. The van der Waals surface area contributed by atoms with Crippen LogP contribution in [0.5, 0.6) is 11.6 Å². The number of aromatic nitrogens is 2. The van der Waals surface area contributed by atoms with E-state index in [0.717, 1.165) is 19.4 Å². The normalized spacial score (nSPS) is 17.8. The maximum absolute atomic E-state index is 13.8. The molecule has 0 radical (unpaired) electrons. The highest BCUT2D eigenvalue weighted by Gasteiger charge is 2.27. The number of nitrogens with zero attached hydrogens (tertiary/aromatic N) is 3. The van der Waals surface area contributed by atoms with Crippen molar-refractivity contribution < 1.29 is 13.9 Å². The Labute approximate surface area is 134 Å². The first-order chi connectivity index (χ1) is 11.1. The summed E-state index contributed by atoms with van der Waals surface area (Å²) in [6.07, 6.45) is 4.91. The van der Waals surface area contributed by atoms with Crippen LogP contribution >= 0.6 is 0 Å². The van der Waals surface area contributed by atoms with Gasteiger partial charge in [0.15, 0.2) is 11.6 Å². The number of likely N-dealkylation sites (tertiary alicyclic amines) is 1. The van der Waals surface area contributed by atoms with Gasteiger partial charge in [-0.3, -0.25) is 9.78 Å². The topological polar surface area (TPSA) is 55.3 Å². The van der Waals surface area contributed by atoms with Gasteiger partial charge in [-0.2, -0.15) is 0 Å². The maximum atomic E-state index is 13.8. The molecule has 0 spiro atoms. The van der Waals surface area contributed by atoms with Crippen LogP contribution in [0.15, 0.2) is 36.7 Å². The molecule has 2 aromatic rings. The monoisotopic (exact) mass is 315 g/mol. The lowest BCUT2D eigenvalue weighted by Crippen LogP contribution is -2.38. The van der Waals surface area contributed by atoms with Crippen molar-refractivity contribution in [2.24, 2.45) is 0 Å². The molecule has 0 saturated carbocycles. The number of ether oxygens (including phenoxy) is 1. The largest absolute Gasteiger partial charge is 0.434 e. The Balaban J connectivity index is 1.86. The van der Waals surface area contributed by atoms with Crippen molar-refractivity contribution in [2.45, 2.75) is 25.7 Å². The average Bonchev–Trinajstić information content (AvgIpc) is 2.57. The second kappa shape index (κ2) is 6.73. The number of halogens is 1. The molecule has 1 aliphatic rings. The van der Waals surface area contributed by atoms with E-state index in [-0.39, 0.29) is 17.6 Å². The first kappa shape index (κ1) is 15.4. The number of amides is 1. The van der Waals surface area contributed by atoms with Crippen LogP contribution in [0.2, 0.25) is 0 Å². The van der Waals surface area contributed by atoms with E-state index in [9.17, 15) is 9.18 Å². The van der Waals surface area contributed by atoms with Crippen LogP contribution in [0, 0.1) is 5.82 Å². The van der Waals surface area contributed by atoms with E-state index < -0.39 is 5.82 Å². The van der Waals surface area contributed by atoms with Gasteiger partial charge in [0.25, 0.3) is 0 Å². The fourth-order valence-electron chi connectivity index (χ4n) is 2.81. The maximum Gasteiger partial charge on any atom is 0.241 e. The molecule has 1 aromatic carbocycles. The number of carbonyl (C=O) groups excluding carboxylic acids is 1. The Bertz CT molecular complexity index is 708. The number of hydrogen-bond donors (Lipinski definition) is 0. The molecular weight excluding hydrogens is 297 g/mol. The van der Waals surface area contributed by atoms with Crippen LogP contribution in [-0.2, 0) is 4.79 Å². The van der Waals surface area contributed by atoms with Gasteiger partial charge >= 0.3 is 0 Å². The van der Waals surface area contributed by atoms with Gasteiger partial charge in [-0.05, 0) is 25.0 Å². The van der Waals surface area contributed by atoms with Crippen molar-refractivity contribution in [2.75, 3.05) is 13.1 Å². The highest BCUT2D eigenvalue weighted by molar-refractivity contribution is 5.73. The van der Waals surface area contributed by atoms with Gasteiger partial charge in [-0.25, -0.2) is 9.37 Å². The minimum absolute atomic E-state index is 0.0446. The van der Waals surface area contributed by atoms with Crippen LogP contribution in [0.3, 0.4) is 0 Å². The zero-order valence-electron chi connectivity index (χ0n) is 12.9. The second-order valence-corrected chi connectivity index (χ2v) is 5.58. The standard InChI is InChI=1S/C17H18FN3O2/c1-12(22)21-10-4-5-13(11-21)16-17(20-9-8-19-16)23-15-7-3-2-6-14(15)18/h2-3,6-9,13H,4-5,10-11H2,1H3/t13-/m1/s1. The van der Waals surface area contributed by atoms with E-state index in [0.29, 0.717) is 18.1 Å². The molecule has 0 aliphatic carbocycles. The SMILES string of the molecule is CC(=O)N1CCC[C@@H](c2nccnc2Oc2ccccc2F)C1. The molecule has 5 nitrogen and oxygen atoms in total. The third kappa shape index (κ3) is 3.47. The van der Waals surface area contributed by atoms with Gasteiger partial charge in [0.1, 0.15) is 5.69 Å². The summed E-state index contributed by atoms with van der Waals surface area (Å²) in [7, 11) is 0. The van der Waals surface area contributed by atoms with Gasteiger partial charge < -0.3 is 9.64 Å². The van der Waals surface area contributed by atoms with E-state index in [1.165, 1.54) is 12.3 Å². The molecule has 0 bridgehead atoms. The van der Waals surface area contributed by atoms with E-state index in [4.69, 9.17) is 4.74 Å². The smallest absolute Gasteiger partial charge is 0.241 e. The van der Waals surface area contributed by atoms with Crippen molar-refractivity contribution >= 4 is 5.91 Å². The fraction of sp³-hybridized carbons (Fsp3) is 0.353. The second-order valence-electron chi connectivity index (χ2n) is 5.58. The quantitative estimate of drug-likeness (QED) is 0.873. The molecule has 1 amide bonds. The number of para-hydroxylation sites is 1. The lowest BCUT2D eigenvalue weighted by Gasteiger charge is -2.32. The molecule has 1 aliphatic heterocycles. The molecule has 23 heavy (non-hydrogen) atoms. The van der Waals surface area contributed by atoms with Crippen LogP contribution in [0.25, 0.3) is 0 Å². The fourth-order valence-corrected chi connectivity index (χ4v) is 2.81. The highest BCUT2D eigenvalue weighted by Crippen LogP contribution is 2.33. The summed E-state index contributed by atoms with van der Waals surface area (Å²) in [6, 6.07) is 6.19. The zero-order chi connectivity index (χ0) is 16.2. The molecule has 1 aromatic heterocycles. The zero-order valence-corrected chi connectivity index (χ0v) is 12.9. The van der Waals surface area contributed by atoms with Gasteiger partial charge in [0, 0.05) is 38.3 Å². The summed E-state index contributed by atoms with van der Waals surface area (Å²) in [5, 5.41) is 0. The van der Waals surface area contributed by atoms with Crippen molar-refractivity contribution in [3.63, 3.8) is 0 Å². The molecule has 1 fully saturated rings. The lowest BCUT2D eigenvalue weighted by atomic mass is 9.94. The van der Waals surface area contributed by atoms with Gasteiger partial charge in [0.2, 0.25) is 11.8 Å². The Morgan fingerprint density at radius 1 is 1.30 bits per heavy atom. The molecule has 1 atom stereocenters. The van der Waals surface area contributed by atoms with Crippen molar-refractivity contribution in [1.82, 2.24) is 14.9 Å². The molecule has 6 heteroatoms. The van der Waals surface area contributed by atoms with Crippen LogP contribution in [0.1, 0.15) is 31.4 Å². The van der Waals surface area contributed by atoms with Gasteiger partial charge in [0.05, 0.1) is 0 Å². The minimum Gasteiger partial charge on any atom is -0.434 e.